The number of rotatable bonds is 5. The molecule has 0 aliphatic rings. The van der Waals surface area contributed by atoms with Crippen LogP contribution in [0.2, 0.25) is 5.02 Å². The number of hydrazone groups is 1. The van der Waals surface area contributed by atoms with Crippen LogP contribution in [0.5, 0.6) is 5.75 Å². The summed E-state index contributed by atoms with van der Waals surface area (Å²) in [5.41, 5.74) is 4.90. The lowest BCUT2D eigenvalue weighted by Gasteiger charge is -2.05. The molecule has 0 bridgehead atoms. The molecule has 1 aromatic heterocycles. The molecule has 1 heterocycles. The summed E-state index contributed by atoms with van der Waals surface area (Å²) in [4.78, 5) is 12.2. The van der Waals surface area contributed by atoms with Crippen LogP contribution >= 0.6 is 34.2 Å². The minimum Gasteiger partial charge on any atom is -0.496 e. The zero-order valence-electron chi connectivity index (χ0n) is 14.6. The fourth-order valence-electron chi connectivity index (χ4n) is 2.45. The third-order valence-electron chi connectivity index (χ3n) is 3.86. The number of benzene rings is 2. The van der Waals surface area contributed by atoms with Crippen molar-refractivity contribution in [2.45, 2.75) is 6.92 Å². The molecule has 138 valence electrons. The molecule has 5 nitrogen and oxygen atoms in total. The Kier molecular flexibility index (Phi) is 6.18. The van der Waals surface area contributed by atoms with Crippen LogP contribution in [-0.4, -0.2) is 19.2 Å². The Labute approximate surface area is 175 Å². The zero-order chi connectivity index (χ0) is 19.4. The van der Waals surface area contributed by atoms with E-state index in [2.05, 4.69) is 33.1 Å². The van der Waals surface area contributed by atoms with Gasteiger partial charge < -0.3 is 9.15 Å². The van der Waals surface area contributed by atoms with Crippen molar-refractivity contribution in [1.82, 2.24) is 5.43 Å². The van der Waals surface area contributed by atoms with Crippen LogP contribution in [0.1, 0.15) is 21.7 Å². The lowest BCUT2D eigenvalue weighted by atomic mass is 10.1. The van der Waals surface area contributed by atoms with Crippen LogP contribution < -0.4 is 10.2 Å². The maximum Gasteiger partial charge on any atom is 0.271 e. The smallest absolute Gasteiger partial charge is 0.271 e. The molecular weight excluding hydrogens is 479 g/mol. The predicted molar refractivity (Wildman–Crippen MR) is 115 cm³/mol. The molecule has 0 aliphatic heterocycles. The van der Waals surface area contributed by atoms with E-state index in [4.69, 9.17) is 20.8 Å². The second kappa shape index (κ2) is 8.58. The van der Waals surface area contributed by atoms with E-state index in [-0.39, 0.29) is 5.91 Å². The third-order valence-corrected chi connectivity index (χ3v) is 4.99. The summed E-state index contributed by atoms with van der Waals surface area (Å²) in [5.74, 6) is 1.51. The van der Waals surface area contributed by atoms with Crippen molar-refractivity contribution >= 4 is 46.3 Å². The lowest BCUT2D eigenvalue weighted by molar-refractivity contribution is 0.0954. The summed E-state index contributed by atoms with van der Waals surface area (Å²) < 4.78 is 11.9. The Morgan fingerprint density at radius 2 is 2.04 bits per heavy atom. The number of hydrogen-bond donors (Lipinski definition) is 1. The summed E-state index contributed by atoms with van der Waals surface area (Å²) in [6.45, 7) is 1.98. The number of nitrogens with zero attached hydrogens (tertiary/aromatic N) is 1. The molecule has 1 N–H and O–H groups in total. The van der Waals surface area contributed by atoms with Gasteiger partial charge in [-0.25, -0.2) is 5.43 Å². The molecule has 2 aromatic carbocycles. The summed E-state index contributed by atoms with van der Waals surface area (Å²) in [5, 5.41) is 4.60. The average Bonchev–Trinajstić information content (AvgIpc) is 3.12. The molecule has 0 saturated carbocycles. The van der Waals surface area contributed by atoms with Crippen molar-refractivity contribution in [3.8, 4) is 17.1 Å². The molecule has 3 rings (SSSR count). The Morgan fingerprint density at radius 3 is 2.81 bits per heavy atom. The monoisotopic (exact) mass is 494 g/mol. The second-order valence-electron chi connectivity index (χ2n) is 5.71. The minimum absolute atomic E-state index is 0.335. The minimum atomic E-state index is -0.335. The Morgan fingerprint density at radius 1 is 1.22 bits per heavy atom. The molecule has 0 saturated heterocycles. The average molecular weight is 495 g/mol. The van der Waals surface area contributed by atoms with Crippen LogP contribution in [0.15, 0.2) is 58.0 Å². The topological polar surface area (TPSA) is 63.8 Å². The van der Waals surface area contributed by atoms with Gasteiger partial charge in [0.25, 0.3) is 5.91 Å². The molecule has 0 unspecified atom stereocenters. The third kappa shape index (κ3) is 4.70. The summed E-state index contributed by atoms with van der Waals surface area (Å²) in [6.07, 6.45) is 1.45. The number of methoxy groups -OCH3 is 1. The summed E-state index contributed by atoms with van der Waals surface area (Å²) >= 11 is 8.20. The van der Waals surface area contributed by atoms with Gasteiger partial charge in [0.05, 0.1) is 16.9 Å². The molecule has 0 spiro atoms. The van der Waals surface area contributed by atoms with Gasteiger partial charge in [0.1, 0.15) is 17.3 Å². The number of hydrogen-bond acceptors (Lipinski definition) is 4. The molecule has 3 aromatic rings. The first-order chi connectivity index (χ1) is 13.0. The molecule has 0 radical (unpaired) electrons. The SMILES string of the molecule is COc1cc(C(=O)N/N=C\c2ccc(-c3cc(Cl)ccc3C)o2)ccc1I. The van der Waals surface area contributed by atoms with Crippen LogP contribution in [0.3, 0.4) is 0 Å². The normalized spacial score (nSPS) is 11.0. The van der Waals surface area contributed by atoms with Gasteiger partial charge >= 0.3 is 0 Å². The van der Waals surface area contributed by atoms with E-state index in [0.717, 1.165) is 14.7 Å². The Hall–Kier alpha value is -2.32. The standard InChI is InChI=1S/C20H16ClIN2O3/c1-12-3-5-14(21)10-16(12)18-8-6-15(27-18)11-23-24-20(25)13-4-7-17(22)19(9-13)26-2/h3-11H,1-2H3,(H,24,25)/b23-11-. The van der Waals surface area contributed by atoms with Crippen molar-refractivity contribution in [3.63, 3.8) is 0 Å². The molecule has 1 amide bonds. The van der Waals surface area contributed by atoms with Crippen LogP contribution in [0.25, 0.3) is 11.3 Å². The van der Waals surface area contributed by atoms with E-state index in [0.29, 0.717) is 27.9 Å². The van der Waals surface area contributed by atoms with E-state index in [1.807, 2.05) is 37.3 Å². The highest BCUT2D eigenvalue weighted by Crippen LogP contribution is 2.28. The number of nitrogens with one attached hydrogen (secondary N) is 1. The van der Waals surface area contributed by atoms with Gasteiger partial charge in [-0.1, -0.05) is 17.7 Å². The van der Waals surface area contributed by atoms with Gasteiger partial charge in [-0.2, -0.15) is 5.10 Å². The summed E-state index contributed by atoms with van der Waals surface area (Å²) in [6, 6.07) is 14.4. The summed E-state index contributed by atoms with van der Waals surface area (Å²) in [7, 11) is 1.56. The number of aryl methyl sites for hydroxylation is 1. The van der Waals surface area contributed by atoms with Crippen molar-refractivity contribution in [1.29, 1.82) is 0 Å². The highest BCUT2D eigenvalue weighted by molar-refractivity contribution is 14.1. The maximum atomic E-state index is 12.2. The molecule has 0 atom stereocenters. The lowest BCUT2D eigenvalue weighted by Crippen LogP contribution is -2.17. The first-order valence-electron chi connectivity index (χ1n) is 8.01. The van der Waals surface area contributed by atoms with Gasteiger partial charge in [0.15, 0.2) is 0 Å². The van der Waals surface area contributed by atoms with Crippen LogP contribution in [0, 0.1) is 10.5 Å². The van der Waals surface area contributed by atoms with Gasteiger partial charge in [-0.05, 0) is 77.5 Å². The van der Waals surface area contributed by atoms with E-state index in [1.165, 1.54) is 6.21 Å². The maximum absolute atomic E-state index is 12.2. The van der Waals surface area contributed by atoms with Gasteiger partial charge in [0.2, 0.25) is 0 Å². The van der Waals surface area contributed by atoms with E-state index < -0.39 is 0 Å². The van der Waals surface area contributed by atoms with Gasteiger partial charge in [-0.3, -0.25) is 4.79 Å². The molecule has 0 aliphatic carbocycles. The van der Waals surface area contributed by atoms with Gasteiger partial charge in [-0.15, -0.1) is 0 Å². The van der Waals surface area contributed by atoms with E-state index >= 15 is 0 Å². The first kappa shape index (κ1) is 19.4. The first-order valence-corrected chi connectivity index (χ1v) is 9.47. The van der Waals surface area contributed by atoms with Crippen molar-refractivity contribution in [3.05, 3.63) is 74.0 Å². The highest BCUT2D eigenvalue weighted by Gasteiger charge is 2.09. The number of furan rings is 1. The number of amides is 1. The molecule has 0 fully saturated rings. The fraction of sp³-hybridized carbons (Fsp3) is 0.100. The van der Waals surface area contributed by atoms with Crippen LogP contribution in [-0.2, 0) is 0 Å². The van der Waals surface area contributed by atoms with Crippen molar-refractivity contribution in [2.75, 3.05) is 7.11 Å². The Bertz CT molecular complexity index is 1010. The van der Waals surface area contributed by atoms with Crippen molar-refractivity contribution < 1.29 is 13.9 Å². The Balaban J connectivity index is 1.69. The van der Waals surface area contributed by atoms with Crippen LogP contribution in [0.4, 0.5) is 0 Å². The van der Waals surface area contributed by atoms with Crippen molar-refractivity contribution in [2.24, 2.45) is 5.10 Å². The largest absolute Gasteiger partial charge is 0.496 e. The van der Waals surface area contributed by atoms with E-state index in [1.54, 1.807) is 25.3 Å². The number of ether oxygens (including phenoxy) is 1. The number of carbonyl (C=O) groups excluding carboxylic acids is 1. The highest BCUT2D eigenvalue weighted by atomic mass is 127. The predicted octanol–water partition coefficient (Wildman–Crippen LogP) is 5.29. The number of carbonyl (C=O) groups is 1. The zero-order valence-corrected chi connectivity index (χ0v) is 17.5. The number of halogens is 2. The van der Waals surface area contributed by atoms with Gasteiger partial charge in [0, 0.05) is 16.1 Å². The second-order valence-corrected chi connectivity index (χ2v) is 7.31. The van der Waals surface area contributed by atoms with E-state index in [9.17, 15) is 4.79 Å². The quantitative estimate of drug-likeness (QED) is 0.298. The molecular formula is C20H16ClIN2O3. The molecule has 7 heteroatoms. The fourth-order valence-corrected chi connectivity index (χ4v) is 3.17. The molecule has 27 heavy (non-hydrogen) atoms.